The molecule has 0 atom stereocenters. The van der Waals surface area contributed by atoms with Crippen LogP contribution in [0.25, 0.3) is 0 Å². The summed E-state index contributed by atoms with van der Waals surface area (Å²) in [5, 5.41) is 4.33. The number of rotatable bonds is 4. The number of urea groups is 1. The monoisotopic (exact) mass is 450 g/mol. The van der Waals surface area contributed by atoms with Crippen molar-refractivity contribution in [1.82, 2.24) is 9.55 Å². The summed E-state index contributed by atoms with van der Waals surface area (Å²) in [6.07, 6.45) is 1.30. The van der Waals surface area contributed by atoms with Crippen molar-refractivity contribution in [2.45, 2.75) is 6.92 Å². The van der Waals surface area contributed by atoms with Crippen LogP contribution in [-0.2, 0) is 11.8 Å². The van der Waals surface area contributed by atoms with E-state index in [1.807, 2.05) is 0 Å². The van der Waals surface area contributed by atoms with Crippen LogP contribution in [0.15, 0.2) is 18.5 Å². The van der Waals surface area contributed by atoms with E-state index in [-0.39, 0.29) is 18.1 Å². The highest BCUT2D eigenvalue weighted by Crippen LogP contribution is 2.22. The second kappa shape index (κ2) is 7.55. The number of carbonyl (C=O) groups is 2. The number of aromatic nitrogens is 2. The van der Waals surface area contributed by atoms with E-state index in [4.69, 9.17) is 4.74 Å². The maximum Gasteiger partial charge on any atom is 0.358 e. The highest BCUT2D eigenvalue weighted by atomic mass is 127. The normalized spacial score (nSPS) is 10.4. The summed E-state index contributed by atoms with van der Waals surface area (Å²) in [4.78, 5) is 27.7. The Balaban J connectivity index is 2.18. The molecule has 1 heterocycles. The number of nitrogens with zero attached hydrogens (tertiary/aromatic N) is 2. The third kappa shape index (κ3) is 3.99. The topological polar surface area (TPSA) is 85.2 Å². The lowest BCUT2D eigenvalue weighted by molar-refractivity contribution is 0.0516. The van der Waals surface area contributed by atoms with Crippen LogP contribution in [0.4, 0.5) is 25.1 Å². The predicted molar refractivity (Wildman–Crippen MR) is 90.9 cm³/mol. The molecular weight excluding hydrogens is 437 g/mol. The molecule has 1 aromatic carbocycles. The molecule has 2 N–H and O–H groups in total. The number of halogens is 3. The van der Waals surface area contributed by atoms with Crippen LogP contribution < -0.4 is 10.6 Å². The molecule has 0 spiro atoms. The Hall–Kier alpha value is -2.24. The van der Waals surface area contributed by atoms with Crippen molar-refractivity contribution in [2.24, 2.45) is 7.05 Å². The van der Waals surface area contributed by atoms with Gasteiger partial charge in [-0.2, -0.15) is 0 Å². The molecule has 0 aliphatic heterocycles. The molecule has 2 aromatic rings. The van der Waals surface area contributed by atoms with Crippen LogP contribution in [0.5, 0.6) is 0 Å². The molecule has 0 saturated carbocycles. The molecular formula is C14H13F2IN4O3. The number of esters is 1. The van der Waals surface area contributed by atoms with Crippen molar-refractivity contribution >= 4 is 46.1 Å². The standard InChI is InChI=1S/C14H13F2IN4O3/c1-3-24-13(22)11-12(18-6-21(11)2)20-14(23)19-10-8(15)4-7(17)5-9(10)16/h4-6H,3H2,1-2H3,(H2,19,20,23). The van der Waals surface area contributed by atoms with Crippen LogP contribution in [0.2, 0.25) is 0 Å². The Morgan fingerprint density at radius 1 is 1.29 bits per heavy atom. The van der Waals surface area contributed by atoms with Gasteiger partial charge in [0.1, 0.15) is 5.69 Å². The van der Waals surface area contributed by atoms with Gasteiger partial charge in [-0.05, 0) is 41.6 Å². The Morgan fingerprint density at radius 3 is 2.50 bits per heavy atom. The molecule has 0 saturated heterocycles. The quantitative estimate of drug-likeness (QED) is 0.554. The summed E-state index contributed by atoms with van der Waals surface area (Å²) < 4.78 is 34.1. The lowest BCUT2D eigenvalue weighted by atomic mass is 10.3. The fourth-order valence-electron chi connectivity index (χ4n) is 1.88. The third-order valence-corrected chi connectivity index (χ3v) is 3.51. The average molecular weight is 450 g/mol. The minimum Gasteiger partial charge on any atom is -0.461 e. The summed E-state index contributed by atoms with van der Waals surface area (Å²) in [6, 6.07) is 1.20. The second-order valence-corrected chi connectivity index (χ2v) is 5.84. The first kappa shape index (κ1) is 18.1. The number of benzene rings is 1. The van der Waals surface area contributed by atoms with E-state index >= 15 is 0 Å². The molecule has 0 aliphatic rings. The maximum atomic E-state index is 13.7. The van der Waals surface area contributed by atoms with Gasteiger partial charge in [0.15, 0.2) is 23.1 Å². The van der Waals surface area contributed by atoms with Gasteiger partial charge in [0, 0.05) is 10.6 Å². The summed E-state index contributed by atoms with van der Waals surface area (Å²) in [5.41, 5.74) is -0.586. The minimum atomic E-state index is -0.946. The molecule has 2 rings (SSSR count). The van der Waals surface area contributed by atoms with Gasteiger partial charge >= 0.3 is 12.0 Å². The van der Waals surface area contributed by atoms with Crippen LogP contribution in [0.1, 0.15) is 17.4 Å². The van der Waals surface area contributed by atoms with Gasteiger partial charge < -0.3 is 14.6 Å². The number of ether oxygens (including phenoxy) is 1. The number of carbonyl (C=O) groups excluding carboxylic acids is 2. The first-order valence-electron chi connectivity index (χ1n) is 6.74. The van der Waals surface area contributed by atoms with Crippen molar-refractivity contribution in [1.29, 1.82) is 0 Å². The Bertz CT molecular complexity index is 771. The van der Waals surface area contributed by atoms with Gasteiger partial charge in [-0.3, -0.25) is 5.32 Å². The van der Waals surface area contributed by atoms with Gasteiger partial charge in [0.25, 0.3) is 0 Å². The van der Waals surface area contributed by atoms with Crippen LogP contribution in [-0.4, -0.2) is 28.2 Å². The zero-order valence-electron chi connectivity index (χ0n) is 12.7. The van der Waals surface area contributed by atoms with Crippen molar-refractivity contribution in [3.8, 4) is 0 Å². The second-order valence-electron chi connectivity index (χ2n) is 4.60. The van der Waals surface area contributed by atoms with Crippen molar-refractivity contribution in [3.63, 3.8) is 0 Å². The van der Waals surface area contributed by atoms with Gasteiger partial charge in [-0.15, -0.1) is 0 Å². The van der Waals surface area contributed by atoms with Crippen LogP contribution in [0.3, 0.4) is 0 Å². The van der Waals surface area contributed by atoms with Crippen molar-refractivity contribution in [3.05, 3.63) is 39.4 Å². The Kier molecular flexibility index (Phi) is 5.70. The van der Waals surface area contributed by atoms with Crippen LogP contribution >= 0.6 is 22.6 Å². The SMILES string of the molecule is CCOC(=O)c1c(NC(=O)Nc2c(F)cc(I)cc2F)ncn1C. The minimum absolute atomic E-state index is 0.00977. The number of anilines is 2. The number of hydrogen-bond donors (Lipinski definition) is 2. The van der Waals surface area contributed by atoms with E-state index < -0.39 is 29.3 Å². The summed E-state index contributed by atoms with van der Waals surface area (Å²) in [6.45, 7) is 1.78. The molecule has 7 nitrogen and oxygen atoms in total. The van der Waals surface area contributed by atoms with Crippen molar-refractivity contribution in [2.75, 3.05) is 17.2 Å². The number of amides is 2. The van der Waals surface area contributed by atoms with E-state index in [1.54, 1.807) is 36.6 Å². The number of nitrogens with one attached hydrogen (secondary N) is 2. The number of hydrogen-bond acceptors (Lipinski definition) is 4. The average Bonchev–Trinajstić information content (AvgIpc) is 2.84. The fourth-order valence-corrected chi connectivity index (χ4v) is 2.42. The molecule has 128 valence electrons. The van der Waals surface area contributed by atoms with Gasteiger partial charge in [0.2, 0.25) is 0 Å². The van der Waals surface area contributed by atoms with E-state index in [0.29, 0.717) is 3.57 Å². The highest BCUT2D eigenvalue weighted by Gasteiger charge is 2.21. The molecule has 0 unspecified atom stereocenters. The molecule has 24 heavy (non-hydrogen) atoms. The first-order chi connectivity index (χ1) is 11.3. The van der Waals surface area contributed by atoms with E-state index in [2.05, 4.69) is 15.6 Å². The maximum absolute atomic E-state index is 13.7. The third-order valence-electron chi connectivity index (χ3n) is 2.88. The van der Waals surface area contributed by atoms with E-state index in [9.17, 15) is 18.4 Å². The Morgan fingerprint density at radius 2 is 1.92 bits per heavy atom. The summed E-state index contributed by atoms with van der Waals surface area (Å²) in [5.74, 6) is -2.60. The first-order valence-corrected chi connectivity index (χ1v) is 7.82. The predicted octanol–water partition coefficient (Wildman–Crippen LogP) is 3.12. The van der Waals surface area contributed by atoms with Gasteiger partial charge in [-0.25, -0.2) is 23.4 Å². The summed E-state index contributed by atoms with van der Waals surface area (Å²) in [7, 11) is 1.54. The number of imidazole rings is 1. The lowest BCUT2D eigenvalue weighted by Gasteiger charge is -2.10. The molecule has 0 radical (unpaired) electrons. The zero-order valence-corrected chi connectivity index (χ0v) is 14.8. The largest absolute Gasteiger partial charge is 0.461 e. The van der Waals surface area contributed by atoms with Crippen molar-refractivity contribution < 1.29 is 23.1 Å². The molecule has 2 amide bonds. The van der Waals surface area contributed by atoms with Gasteiger partial charge in [-0.1, -0.05) is 0 Å². The smallest absolute Gasteiger partial charge is 0.358 e. The zero-order chi connectivity index (χ0) is 17.9. The molecule has 0 fully saturated rings. The lowest BCUT2D eigenvalue weighted by Crippen LogP contribution is -2.23. The van der Waals surface area contributed by atoms with Crippen LogP contribution in [0, 0.1) is 15.2 Å². The fraction of sp³-hybridized carbons (Fsp3) is 0.214. The molecule has 0 aliphatic carbocycles. The van der Waals surface area contributed by atoms with E-state index in [1.165, 1.54) is 10.9 Å². The highest BCUT2D eigenvalue weighted by molar-refractivity contribution is 14.1. The number of aryl methyl sites for hydroxylation is 1. The Labute approximate surface area is 149 Å². The summed E-state index contributed by atoms with van der Waals surface area (Å²) >= 11 is 1.75. The molecule has 0 bridgehead atoms. The van der Waals surface area contributed by atoms with E-state index in [0.717, 1.165) is 12.1 Å². The molecule has 10 heteroatoms. The molecule has 1 aromatic heterocycles. The van der Waals surface area contributed by atoms with Gasteiger partial charge in [0.05, 0.1) is 12.9 Å².